The Labute approximate surface area is 163 Å². The van der Waals surface area contributed by atoms with Crippen LogP contribution in [-0.4, -0.2) is 46.1 Å². The van der Waals surface area contributed by atoms with Gasteiger partial charge in [0.15, 0.2) is 5.78 Å². The number of amides is 1. The first-order chi connectivity index (χ1) is 12.0. The average Bonchev–Trinajstić information content (AvgIpc) is 2.52. The molecule has 0 unspecified atom stereocenters. The molecule has 1 aromatic carbocycles. The third-order valence-corrected chi connectivity index (χ3v) is 4.51. The molecule has 0 bridgehead atoms. The van der Waals surface area contributed by atoms with Crippen LogP contribution in [0.3, 0.4) is 0 Å². The minimum absolute atomic E-state index is 0.0820. The normalized spacial score (nSPS) is 14.7. The van der Waals surface area contributed by atoms with Crippen molar-refractivity contribution < 1.29 is 24.7 Å². The van der Waals surface area contributed by atoms with E-state index in [0.717, 1.165) is 0 Å². The van der Waals surface area contributed by atoms with E-state index in [1.807, 2.05) is 13.8 Å². The second-order valence-corrected chi connectivity index (χ2v) is 7.63. The first-order valence-corrected chi connectivity index (χ1v) is 9.11. The zero-order valence-electron chi connectivity index (χ0n) is 14.9. The molecule has 9 heteroatoms. The maximum absolute atomic E-state index is 12.5. The third-order valence-electron chi connectivity index (χ3n) is 3.95. The Balaban J connectivity index is 2.92. The zero-order chi connectivity index (χ0) is 20.0. The summed E-state index contributed by atoms with van der Waals surface area (Å²) in [6.07, 6.45) is -0.932. The van der Waals surface area contributed by atoms with Crippen molar-refractivity contribution in [3.05, 3.63) is 33.8 Å². The fourth-order valence-corrected chi connectivity index (χ4v) is 3.04. The van der Waals surface area contributed by atoms with E-state index in [2.05, 4.69) is 5.32 Å². The molecule has 0 saturated carbocycles. The predicted octanol–water partition coefficient (Wildman–Crippen LogP) is 2.32. The number of halogens is 2. The summed E-state index contributed by atoms with van der Waals surface area (Å²) in [5.41, 5.74) is 0.0820. The van der Waals surface area contributed by atoms with Crippen molar-refractivity contribution in [3.63, 3.8) is 0 Å². The van der Waals surface area contributed by atoms with Gasteiger partial charge in [0, 0.05) is 17.3 Å². The van der Waals surface area contributed by atoms with Gasteiger partial charge >= 0.3 is 7.12 Å². The molecule has 144 valence electrons. The van der Waals surface area contributed by atoms with Crippen LogP contribution < -0.4 is 5.32 Å². The highest BCUT2D eigenvalue weighted by atomic mass is 35.5. The SMILES string of the molecule is CC(C)C[C@H](CC(=O)[C@@H](NC(=O)c1cc(Cl)ccc1Cl)[C@@H](C)O)B(O)O. The van der Waals surface area contributed by atoms with Crippen molar-refractivity contribution >= 4 is 42.0 Å². The van der Waals surface area contributed by atoms with Crippen LogP contribution in [0.1, 0.15) is 44.0 Å². The van der Waals surface area contributed by atoms with Gasteiger partial charge < -0.3 is 20.5 Å². The Bertz CT molecular complexity index is 640. The molecule has 0 radical (unpaired) electrons. The minimum Gasteiger partial charge on any atom is -0.427 e. The molecule has 0 aliphatic carbocycles. The van der Waals surface area contributed by atoms with E-state index in [0.29, 0.717) is 11.4 Å². The summed E-state index contributed by atoms with van der Waals surface area (Å²) in [4.78, 5) is 25.0. The lowest BCUT2D eigenvalue weighted by Gasteiger charge is -2.24. The molecule has 1 rings (SSSR count). The fourth-order valence-electron chi connectivity index (χ4n) is 2.66. The van der Waals surface area contributed by atoms with Gasteiger partial charge in [0.2, 0.25) is 0 Å². The number of nitrogens with one attached hydrogen (secondary N) is 1. The second kappa shape index (κ2) is 10.3. The number of aliphatic hydroxyl groups excluding tert-OH is 1. The number of Topliss-reactive ketones (excluding diaryl/α,β-unsaturated/α-hetero) is 1. The molecular formula is C17H24BCl2NO5. The van der Waals surface area contributed by atoms with Gasteiger partial charge in [-0.25, -0.2) is 0 Å². The Kier molecular flexibility index (Phi) is 9.06. The molecule has 4 N–H and O–H groups in total. The Morgan fingerprint density at radius 1 is 1.19 bits per heavy atom. The van der Waals surface area contributed by atoms with Gasteiger partial charge in [-0.1, -0.05) is 37.0 Å². The summed E-state index contributed by atoms with van der Waals surface area (Å²) in [6, 6.07) is 3.14. The van der Waals surface area contributed by atoms with Crippen LogP contribution >= 0.6 is 23.2 Å². The lowest BCUT2D eigenvalue weighted by molar-refractivity contribution is -0.123. The molecule has 1 amide bonds. The van der Waals surface area contributed by atoms with Crippen LogP contribution in [0, 0.1) is 5.92 Å². The summed E-state index contributed by atoms with van der Waals surface area (Å²) in [6.45, 7) is 5.17. The summed E-state index contributed by atoms with van der Waals surface area (Å²) in [5, 5.41) is 31.8. The van der Waals surface area contributed by atoms with Crippen molar-refractivity contribution in [2.75, 3.05) is 0 Å². The predicted molar refractivity (Wildman–Crippen MR) is 102 cm³/mol. The highest BCUT2D eigenvalue weighted by molar-refractivity contribution is 6.43. The van der Waals surface area contributed by atoms with Crippen LogP contribution in [0.2, 0.25) is 15.9 Å². The van der Waals surface area contributed by atoms with Crippen LogP contribution in [0.5, 0.6) is 0 Å². The second-order valence-electron chi connectivity index (χ2n) is 6.79. The summed E-state index contributed by atoms with van der Waals surface area (Å²) in [7, 11) is -1.66. The van der Waals surface area contributed by atoms with E-state index in [4.69, 9.17) is 23.2 Å². The molecule has 6 nitrogen and oxygen atoms in total. The van der Waals surface area contributed by atoms with E-state index in [9.17, 15) is 24.7 Å². The van der Waals surface area contributed by atoms with Crippen LogP contribution in [-0.2, 0) is 4.79 Å². The van der Waals surface area contributed by atoms with Gasteiger partial charge in [-0.15, -0.1) is 0 Å². The Morgan fingerprint density at radius 2 is 1.81 bits per heavy atom. The number of carbonyl (C=O) groups excluding carboxylic acids is 2. The first kappa shape index (κ1) is 22.9. The van der Waals surface area contributed by atoms with Crippen LogP contribution in [0.15, 0.2) is 18.2 Å². The molecule has 0 saturated heterocycles. The average molecular weight is 404 g/mol. The van der Waals surface area contributed by atoms with E-state index in [-0.39, 0.29) is 22.9 Å². The van der Waals surface area contributed by atoms with E-state index >= 15 is 0 Å². The van der Waals surface area contributed by atoms with Gasteiger partial charge in [0.05, 0.1) is 16.7 Å². The lowest BCUT2D eigenvalue weighted by Crippen LogP contribution is -2.48. The number of hydrogen-bond acceptors (Lipinski definition) is 5. The lowest BCUT2D eigenvalue weighted by atomic mass is 9.66. The van der Waals surface area contributed by atoms with Crippen LogP contribution in [0.4, 0.5) is 0 Å². The number of rotatable bonds is 9. The Hall–Kier alpha value is -1.12. The van der Waals surface area contributed by atoms with Gasteiger partial charge in [-0.05, 0) is 37.5 Å². The molecule has 0 aromatic heterocycles. The first-order valence-electron chi connectivity index (χ1n) is 8.35. The monoisotopic (exact) mass is 403 g/mol. The fraction of sp³-hybridized carbons (Fsp3) is 0.529. The molecule has 0 spiro atoms. The highest BCUT2D eigenvalue weighted by Crippen LogP contribution is 2.25. The van der Waals surface area contributed by atoms with Crippen molar-refractivity contribution in [1.29, 1.82) is 0 Å². The molecule has 26 heavy (non-hydrogen) atoms. The quantitative estimate of drug-likeness (QED) is 0.473. The summed E-state index contributed by atoms with van der Waals surface area (Å²) < 4.78 is 0. The summed E-state index contributed by atoms with van der Waals surface area (Å²) >= 11 is 11.8. The van der Waals surface area contributed by atoms with Gasteiger partial charge in [-0.3, -0.25) is 9.59 Å². The number of aliphatic hydroxyl groups is 1. The van der Waals surface area contributed by atoms with E-state index in [1.165, 1.54) is 25.1 Å². The Morgan fingerprint density at radius 3 is 2.31 bits per heavy atom. The number of ketones is 1. The van der Waals surface area contributed by atoms with Crippen molar-refractivity contribution in [2.24, 2.45) is 5.92 Å². The standard InChI is InChI=1S/C17H24BCl2NO5/c1-9(2)6-11(18(25)26)7-15(23)16(10(3)22)21-17(24)13-8-12(19)4-5-14(13)20/h4-5,8-11,16,22,25-26H,6-7H2,1-3H3,(H,21,24)/t10-,11-,16+/m1/s1. The molecule has 0 aliphatic rings. The molecular weight excluding hydrogens is 380 g/mol. The molecule has 1 aromatic rings. The van der Waals surface area contributed by atoms with Crippen molar-refractivity contribution in [3.8, 4) is 0 Å². The van der Waals surface area contributed by atoms with E-state index < -0.39 is 36.8 Å². The van der Waals surface area contributed by atoms with Gasteiger partial charge in [0.25, 0.3) is 5.91 Å². The maximum Gasteiger partial charge on any atom is 0.455 e. The van der Waals surface area contributed by atoms with Gasteiger partial charge in [0.1, 0.15) is 6.04 Å². The minimum atomic E-state index is -1.66. The topological polar surface area (TPSA) is 107 Å². The number of carbonyl (C=O) groups is 2. The van der Waals surface area contributed by atoms with Gasteiger partial charge in [-0.2, -0.15) is 0 Å². The summed E-state index contributed by atoms with van der Waals surface area (Å²) in [5.74, 6) is -1.68. The zero-order valence-corrected chi connectivity index (χ0v) is 16.5. The maximum atomic E-state index is 12.5. The van der Waals surface area contributed by atoms with Crippen molar-refractivity contribution in [2.45, 2.75) is 51.6 Å². The molecule has 0 aliphatic heterocycles. The molecule has 3 atom stereocenters. The van der Waals surface area contributed by atoms with Crippen molar-refractivity contribution in [1.82, 2.24) is 5.32 Å². The number of benzene rings is 1. The molecule has 0 fully saturated rings. The van der Waals surface area contributed by atoms with Crippen LogP contribution in [0.25, 0.3) is 0 Å². The highest BCUT2D eigenvalue weighted by Gasteiger charge is 2.32. The molecule has 0 heterocycles. The smallest absolute Gasteiger partial charge is 0.427 e. The third kappa shape index (κ3) is 6.89. The number of hydrogen-bond donors (Lipinski definition) is 4. The largest absolute Gasteiger partial charge is 0.455 e. The van der Waals surface area contributed by atoms with E-state index in [1.54, 1.807) is 0 Å².